The molecule has 8 nitrogen and oxygen atoms in total. The molecular weight excluding hydrogens is 308 g/mol. The first-order valence-electron chi connectivity index (χ1n) is 7.05. The summed E-state index contributed by atoms with van der Waals surface area (Å²) in [6.45, 7) is 4.56. The number of hydrogen-bond donors (Lipinski definition) is 1. The molecule has 0 atom stereocenters. The van der Waals surface area contributed by atoms with Gasteiger partial charge in [-0.25, -0.2) is 8.42 Å². The van der Waals surface area contributed by atoms with Crippen molar-refractivity contribution in [3.63, 3.8) is 0 Å². The van der Waals surface area contributed by atoms with Crippen LogP contribution < -0.4 is 4.72 Å². The first-order valence-corrected chi connectivity index (χ1v) is 8.53. The van der Waals surface area contributed by atoms with Crippen molar-refractivity contribution in [1.82, 2.24) is 14.9 Å². The molecule has 0 unspecified atom stereocenters. The standard InChI is InChI=1S/C13H18N4O4S/c1-9-13(10(2)21-15-9)22(18,19)16-11-7-14-17(8-11)12-3-5-20-6-4-12/h7-8,12,16H,3-6H2,1-2H3. The Labute approximate surface area is 128 Å². The van der Waals surface area contributed by atoms with Crippen LogP contribution in [0.1, 0.15) is 30.3 Å². The maximum Gasteiger partial charge on any atom is 0.267 e. The molecule has 0 spiro atoms. The second kappa shape index (κ2) is 5.73. The molecule has 22 heavy (non-hydrogen) atoms. The smallest absolute Gasteiger partial charge is 0.267 e. The fourth-order valence-electron chi connectivity index (χ4n) is 2.60. The van der Waals surface area contributed by atoms with Gasteiger partial charge in [-0.3, -0.25) is 9.40 Å². The molecule has 3 heterocycles. The number of aryl methyl sites for hydroxylation is 2. The van der Waals surface area contributed by atoms with Crippen molar-refractivity contribution in [2.75, 3.05) is 17.9 Å². The van der Waals surface area contributed by atoms with Crippen LogP contribution >= 0.6 is 0 Å². The number of hydrogen-bond acceptors (Lipinski definition) is 6. The van der Waals surface area contributed by atoms with Crippen molar-refractivity contribution in [3.8, 4) is 0 Å². The molecule has 0 bridgehead atoms. The normalized spacial score (nSPS) is 16.8. The minimum Gasteiger partial charge on any atom is -0.381 e. The predicted molar refractivity (Wildman–Crippen MR) is 78.1 cm³/mol. The van der Waals surface area contributed by atoms with Crippen molar-refractivity contribution in [3.05, 3.63) is 23.8 Å². The molecule has 2 aromatic rings. The Hall–Kier alpha value is -1.87. The van der Waals surface area contributed by atoms with Crippen LogP contribution in [0.15, 0.2) is 21.8 Å². The Morgan fingerprint density at radius 1 is 1.32 bits per heavy atom. The van der Waals surface area contributed by atoms with Crippen molar-refractivity contribution in [2.45, 2.75) is 37.6 Å². The summed E-state index contributed by atoms with van der Waals surface area (Å²) < 4.78 is 39.4. The summed E-state index contributed by atoms with van der Waals surface area (Å²) in [5, 5.41) is 7.92. The molecule has 9 heteroatoms. The number of nitrogens with zero attached hydrogens (tertiary/aromatic N) is 3. The molecule has 3 rings (SSSR count). The van der Waals surface area contributed by atoms with E-state index >= 15 is 0 Å². The van der Waals surface area contributed by atoms with Crippen LogP contribution in [0, 0.1) is 13.8 Å². The molecule has 120 valence electrons. The number of sulfonamides is 1. The molecule has 1 N–H and O–H groups in total. The summed E-state index contributed by atoms with van der Waals surface area (Å²) in [7, 11) is -3.73. The molecular formula is C13H18N4O4S. The summed E-state index contributed by atoms with van der Waals surface area (Å²) in [5.41, 5.74) is 0.758. The van der Waals surface area contributed by atoms with Crippen molar-refractivity contribution >= 4 is 15.7 Å². The zero-order valence-electron chi connectivity index (χ0n) is 12.4. The lowest BCUT2D eigenvalue weighted by Crippen LogP contribution is -2.20. The topological polar surface area (TPSA) is 99.3 Å². The van der Waals surface area contributed by atoms with Gasteiger partial charge in [-0.05, 0) is 26.7 Å². The highest BCUT2D eigenvalue weighted by Gasteiger charge is 2.25. The van der Waals surface area contributed by atoms with E-state index in [-0.39, 0.29) is 16.7 Å². The summed E-state index contributed by atoms with van der Waals surface area (Å²) in [6.07, 6.45) is 4.95. The van der Waals surface area contributed by atoms with Crippen LogP contribution in [-0.2, 0) is 14.8 Å². The van der Waals surface area contributed by atoms with Gasteiger partial charge in [-0.2, -0.15) is 5.10 Å². The predicted octanol–water partition coefficient (Wildman–Crippen LogP) is 1.64. The van der Waals surface area contributed by atoms with E-state index in [2.05, 4.69) is 15.0 Å². The Morgan fingerprint density at radius 2 is 2.05 bits per heavy atom. The second-order valence-electron chi connectivity index (χ2n) is 5.31. The van der Waals surface area contributed by atoms with Crippen molar-refractivity contribution < 1.29 is 17.7 Å². The number of aromatic nitrogens is 3. The largest absolute Gasteiger partial charge is 0.381 e. The third-order valence-corrected chi connectivity index (χ3v) is 5.28. The average Bonchev–Trinajstić information content (AvgIpc) is 3.06. The number of anilines is 1. The summed E-state index contributed by atoms with van der Waals surface area (Å²) >= 11 is 0. The van der Waals surface area contributed by atoms with Gasteiger partial charge >= 0.3 is 0 Å². The van der Waals surface area contributed by atoms with Gasteiger partial charge in [0.05, 0.1) is 17.9 Å². The molecule has 0 aromatic carbocycles. The first kappa shape index (κ1) is 15.0. The van der Waals surface area contributed by atoms with Crippen molar-refractivity contribution in [1.29, 1.82) is 0 Å². The van der Waals surface area contributed by atoms with Crippen LogP contribution in [0.25, 0.3) is 0 Å². The fourth-order valence-corrected chi connectivity index (χ4v) is 3.96. The third-order valence-electron chi connectivity index (χ3n) is 3.66. The van der Waals surface area contributed by atoms with Gasteiger partial charge in [0.15, 0.2) is 10.7 Å². The SMILES string of the molecule is Cc1noc(C)c1S(=O)(=O)Nc1cnn(C2CCOCC2)c1. The van der Waals surface area contributed by atoms with Gasteiger partial charge in [0, 0.05) is 19.4 Å². The van der Waals surface area contributed by atoms with E-state index in [1.54, 1.807) is 24.7 Å². The maximum absolute atomic E-state index is 12.4. The highest BCUT2D eigenvalue weighted by Crippen LogP contribution is 2.24. The summed E-state index contributed by atoms with van der Waals surface area (Å²) in [6, 6.07) is 0.242. The van der Waals surface area contributed by atoms with E-state index in [9.17, 15) is 8.42 Å². The molecule has 1 fully saturated rings. The lowest BCUT2D eigenvalue weighted by molar-refractivity contribution is 0.0662. The molecule has 2 aromatic heterocycles. The highest BCUT2D eigenvalue weighted by atomic mass is 32.2. The Balaban J connectivity index is 1.80. The number of ether oxygens (including phenoxy) is 1. The Bertz CT molecular complexity index is 739. The quantitative estimate of drug-likeness (QED) is 0.917. The maximum atomic E-state index is 12.4. The molecule has 1 saturated heterocycles. The molecule has 1 aliphatic rings. The van der Waals surface area contributed by atoms with E-state index in [1.807, 2.05) is 0 Å². The average molecular weight is 326 g/mol. The van der Waals surface area contributed by atoms with Crippen molar-refractivity contribution in [2.24, 2.45) is 0 Å². The van der Waals surface area contributed by atoms with E-state index in [1.165, 1.54) is 6.20 Å². The van der Waals surface area contributed by atoms with Gasteiger partial charge in [-0.1, -0.05) is 5.16 Å². The monoisotopic (exact) mass is 326 g/mol. The zero-order valence-corrected chi connectivity index (χ0v) is 13.3. The van der Waals surface area contributed by atoms with Gasteiger partial charge in [0.1, 0.15) is 5.69 Å². The summed E-state index contributed by atoms with van der Waals surface area (Å²) in [4.78, 5) is 0.0753. The van der Waals surface area contributed by atoms with Crippen LogP contribution in [0.4, 0.5) is 5.69 Å². The number of rotatable bonds is 4. The van der Waals surface area contributed by atoms with Gasteiger partial charge in [0.2, 0.25) is 0 Å². The van der Waals surface area contributed by atoms with Crippen LogP contribution in [0.5, 0.6) is 0 Å². The third kappa shape index (κ3) is 2.86. The molecule has 0 amide bonds. The Kier molecular flexibility index (Phi) is 3.92. The number of nitrogens with one attached hydrogen (secondary N) is 1. The lowest BCUT2D eigenvalue weighted by Gasteiger charge is -2.22. The first-order chi connectivity index (χ1) is 10.5. The second-order valence-corrected chi connectivity index (χ2v) is 6.93. The molecule has 1 aliphatic heterocycles. The van der Waals surface area contributed by atoms with Gasteiger partial charge in [0.25, 0.3) is 10.0 Å². The van der Waals surface area contributed by atoms with E-state index < -0.39 is 10.0 Å². The van der Waals surface area contributed by atoms with Gasteiger partial charge < -0.3 is 9.26 Å². The van der Waals surface area contributed by atoms with Crippen LogP contribution in [0.3, 0.4) is 0 Å². The molecule has 0 radical (unpaired) electrons. The van der Waals surface area contributed by atoms with E-state index in [4.69, 9.17) is 9.26 Å². The van der Waals surface area contributed by atoms with Gasteiger partial charge in [-0.15, -0.1) is 0 Å². The van der Waals surface area contributed by atoms with E-state index in [0.717, 1.165) is 12.8 Å². The molecule has 0 saturated carbocycles. The zero-order chi connectivity index (χ0) is 15.7. The fraction of sp³-hybridized carbons (Fsp3) is 0.538. The Morgan fingerprint density at radius 3 is 2.68 bits per heavy atom. The minimum absolute atomic E-state index is 0.0753. The van der Waals surface area contributed by atoms with E-state index in [0.29, 0.717) is 24.6 Å². The highest BCUT2D eigenvalue weighted by molar-refractivity contribution is 7.92. The lowest BCUT2D eigenvalue weighted by atomic mass is 10.1. The van der Waals surface area contributed by atoms with Crippen LogP contribution in [0.2, 0.25) is 0 Å². The molecule has 0 aliphatic carbocycles. The summed E-state index contributed by atoms with van der Waals surface area (Å²) in [5.74, 6) is 0.266. The minimum atomic E-state index is -3.73. The van der Waals surface area contributed by atoms with Crippen LogP contribution in [-0.4, -0.2) is 36.6 Å².